The molecule has 0 amide bonds. The minimum atomic E-state index is 0.402. The lowest BCUT2D eigenvalue weighted by atomic mass is 9.93. The number of nitrogens with zero attached hydrogens (tertiary/aromatic N) is 2. The monoisotopic (exact) mass is 230 g/mol. The maximum Gasteiger partial charge on any atom is 0.0540 e. The lowest BCUT2D eigenvalue weighted by molar-refractivity contribution is 0.899. The van der Waals surface area contributed by atoms with E-state index >= 15 is 0 Å². The van der Waals surface area contributed by atoms with Crippen molar-refractivity contribution in [3.05, 3.63) is 46.8 Å². The second-order valence-corrected chi connectivity index (χ2v) is 5.08. The molecule has 0 aromatic carbocycles. The van der Waals surface area contributed by atoms with Gasteiger partial charge in [0.1, 0.15) is 0 Å². The minimum absolute atomic E-state index is 0.402. The molecule has 1 heterocycles. The van der Waals surface area contributed by atoms with Gasteiger partial charge < -0.3 is 0 Å². The fraction of sp³-hybridized carbons (Fsp3) is 0.385. The van der Waals surface area contributed by atoms with E-state index in [1.165, 1.54) is 35.1 Å². The number of rotatable bonds is 0. The Morgan fingerprint density at radius 2 is 1.88 bits per heavy atom. The van der Waals surface area contributed by atoms with Crippen molar-refractivity contribution in [1.82, 2.24) is 10.2 Å². The van der Waals surface area contributed by atoms with Gasteiger partial charge >= 0.3 is 0 Å². The molecule has 2 aliphatic rings. The minimum Gasteiger partial charge on any atom is -0.159 e. The van der Waals surface area contributed by atoms with Crippen LogP contribution in [0.1, 0.15) is 36.0 Å². The Balaban J connectivity index is 2.10. The lowest BCUT2D eigenvalue weighted by Crippen LogP contribution is -2.00. The third kappa shape index (κ3) is 1.62. The topological polar surface area (TPSA) is 25.8 Å². The largest absolute Gasteiger partial charge is 0.159 e. The van der Waals surface area contributed by atoms with Gasteiger partial charge in [-0.25, -0.2) is 0 Å². The van der Waals surface area contributed by atoms with Crippen molar-refractivity contribution in [2.75, 3.05) is 0 Å². The Morgan fingerprint density at radius 3 is 2.81 bits per heavy atom. The molecule has 0 aliphatic heterocycles. The summed E-state index contributed by atoms with van der Waals surface area (Å²) >= 11 is 0. The van der Waals surface area contributed by atoms with Crippen molar-refractivity contribution >= 4 is 9.24 Å². The summed E-state index contributed by atoms with van der Waals surface area (Å²) in [4.78, 5) is 0. The summed E-state index contributed by atoms with van der Waals surface area (Å²) in [5.74, 6) is 0. The van der Waals surface area contributed by atoms with Gasteiger partial charge in [0.2, 0.25) is 0 Å². The SMILES string of the molecule is PC1C2=CCCC=C2CCc2cnncc21. The lowest BCUT2D eigenvalue weighted by Gasteiger charge is -2.19. The number of allylic oxidation sites excluding steroid dienone is 4. The van der Waals surface area contributed by atoms with Crippen LogP contribution in [0, 0.1) is 0 Å². The number of hydrogen-bond acceptors (Lipinski definition) is 2. The highest BCUT2D eigenvalue weighted by Gasteiger charge is 2.23. The predicted molar refractivity (Wildman–Crippen MR) is 68.2 cm³/mol. The Bertz CT molecular complexity index is 477. The first-order valence-electron chi connectivity index (χ1n) is 5.81. The third-order valence-electron chi connectivity index (χ3n) is 3.47. The molecule has 3 rings (SSSR count). The van der Waals surface area contributed by atoms with Crippen LogP contribution >= 0.6 is 9.24 Å². The van der Waals surface area contributed by atoms with E-state index in [1.54, 1.807) is 0 Å². The molecule has 0 bridgehead atoms. The molecule has 2 aliphatic carbocycles. The van der Waals surface area contributed by atoms with Crippen molar-refractivity contribution in [1.29, 1.82) is 0 Å². The molecule has 0 saturated heterocycles. The first kappa shape index (κ1) is 10.2. The maximum absolute atomic E-state index is 4.02. The molecular weight excluding hydrogens is 215 g/mol. The van der Waals surface area contributed by atoms with Crippen LogP contribution in [-0.2, 0) is 6.42 Å². The second kappa shape index (κ2) is 4.10. The Kier molecular flexibility index (Phi) is 2.61. The summed E-state index contributed by atoms with van der Waals surface area (Å²) in [6.45, 7) is 0. The molecule has 0 saturated carbocycles. The first-order valence-corrected chi connectivity index (χ1v) is 6.47. The van der Waals surface area contributed by atoms with Crippen LogP contribution < -0.4 is 0 Å². The zero-order valence-corrected chi connectivity index (χ0v) is 10.3. The quantitative estimate of drug-likeness (QED) is 0.640. The maximum atomic E-state index is 4.02. The Hall–Kier alpha value is -1.01. The van der Waals surface area contributed by atoms with Crippen molar-refractivity contribution in [2.24, 2.45) is 0 Å². The van der Waals surface area contributed by atoms with Crippen molar-refractivity contribution in [2.45, 2.75) is 31.3 Å². The van der Waals surface area contributed by atoms with E-state index in [0.717, 1.165) is 12.8 Å². The van der Waals surface area contributed by atoms with Crippen LogP contribution in [0.4, 0.5) is 0 Å². The van der Waals surface area contributed by atoms with Crippen LogP contribution in [0.2, 0.25) is 0 Å². The molecule has 0 fully saturated rings. The van der Waals surface area contributed by atoms with Crippen LogP contribution in [0.5, 0.6) is 0 Å². The number of aryl methyl sites for hydroxylation is 1. The summed E-state index contributed by atoms with van der Waals surface area (Å²) < 4.78 is 0. The smallest absolute Gasteiger partial charge is 0.0540 e. The summed E-state index contributed by atoms with van der Waals surface area (Å²) in [5.41, 5.74) is 6.10. The molecule has 3 heteroatoms. The van der Waals surface area contributed by atoms with E-state index in [9.17, 15) is 0 Å². The van der Waals surface area contributed by atoms with Gasteiger partial charge in [0.15, 0.2) is 0 Å². The highest BCUT2D eigenvalue weighted by atomic mass is 31.0. The van der Waals surface area contributed by atoms with Gasteiger partial charge in [-0.15, -0.1) is 9.24 Å². The Morgan fingerprint density at radius 1 is 1.06 bits per heavy atom. The number of hydrogen-bond donors (Lipinski definition) is 0. The van der Waals surface area contributed by atoms with Gasteiger partial charge in [0.25, 0.3) is 0 Å². The molecule has 82 valence electrons. The normalized spacial score (nSPS) is 23.7. The average molecular weight is 230 g/mol. The van der Waals surface area contributed by atoms with Gasteiger partial charge in [0, 0.05) is 5.66 Å². The molecule has 2 nitrogen and oxygen atoms in total. The standard InChI is InChI=1S/C13H15N2P/c16-13-11-4-2-1-3-9(11)5-6-10-7-14-15-8-12(10)13/h3-4,7-8,13H,1-2,5-6,16H2. The van der Waals surface area contributed by atoms with E-state index in [4.69, 9.17) is 0 Å². The average Bonchev–Trinajstić information content (AvgIpc) is 2.49. The van der Waals surface area contributed by atoms with Crippen molar-refractivity contribution < 1.29 is 0 Å². The summed E-state index contributed by atoms with van der Waals surface area (Å²) in [7, 11) is 2.96. The highest BCUT2D eigenvalue weighted by Crippen LogP contribution is 2.42. The molecule has 2 atom stereocenters. The van der Waals surface area contributed by atoms with E-state index in [0.29, 0.717) is 5.66 Å². The summed E-state index contributed by atoms with van der Waals surface area (Å²) in [6, 6.07) is 0. The zero-order chi connectivity index (χ0) is 11.0. The van der Waals surface area contributed by atoms with E-state index in [2.05, 4.69) is 31.6 Å². The second-order valence-electron chi connectivity index (χ2n) is 4.41. The fourth-order valence-corrected chi connectivity index (χ4v) is 3.25. The first-order chi connectivity index (χ1) is 7.86. The van der Waals surface area contributed by atoms with Crippen LogP contribution in [0.25, 0.3) is 0 Å². The molecule has 16 heavy (non-hydrogen) atoms. The molecule has 2 unspecified atom stereocenters. The van der Waals surface area contributed by atoms with Crippen LogP contribution in [-0.4, -0.2) is 10.2 Å². The molecule has 0 radical (unpaired) electrons. The van der Waals surface area contributed by atoms with Crippen molar-refractivity contribution in [3.63, 3.8) is 0 Å². The highest BCUT2D eigenvalue weighted by molar-refractivity contribution is 7.17. The van der Waals surface area contributed by atoms with Gasteiger partial charge in [-0.05, 0) is 48.0 Å². The van der Waals surface area contributed by atoms with Gasteiger partial charge in [-0.3, -0.25) is 0 Å². The molecule has 0 N–H and O–H groups in total. The van der Waals surface area contributed by atoms with E-state index < -0.39 is 0 Å². The number of fused-ring (bicyclic) bond motifs is 2. The van der Waals surface area contributed by atoms with Gasteiger partial charge in [-0.2, -0.15) is 10.2 Å². The third-order valence-corrected chi connectivity index (χ3v) is 4.19. The Labute approximate surface area is 98.1 Å². The van der Waals surface area contributed by atoms with Crippen LogP contribution in [0.15, 0.2) is 35.7 Å². The van der Waals surface area contributed by atoms with E-state index in [-0.39, 0.29) is 0 Å². The van der Waals surface area contributed by atoms with Gasteiger partial charge in [-0.1, -0.05) is 12.2 Å². The van der Waals surface area contributed by atoms with Crippen LogP contribution in [0.3, 0.4) is 0 Å². The fourth-order valence-electron chi connectivity index (χ4n) is 2.60. The summed E-state index contributed by atoms with van der Waals surface area (Å²) in [6.07, 6.45) is 13.3. The number of aromatic nitrogens is 2. The van der Waals surface area contributed by atoms with Crippen molar-refractivity contribution in [3.8, 4) is 0 Å². The molecule has 1 aromatic heterocycles. The van der Waals surface area contributed by atoms with E-state index in [1.807, 2.05) is 12.4 Å². The summed E-state index contributed by atoms with van der Waals surface area (Å²) in [5, 5.41) is 8.01. The molecular formula is C13H15N2P. The molecule has 1 aromatic rings. The van der Waals surface area contributed by atoms with Gasteiger partial charge in [0.05, 0.1) is 12.4 Å². The predicted octanol–water partition coefficient (Wildman–Crippen LogP) is 2.99. The zero-order valence-electron chi connectivity index (χ0n) is 9.19. The molecule has 0 spiro atoms.